The van der Waals surface area contributed by atoms with E-state index in [0.29, 0.717) is 10.2 Å². The number of nitrogens with zero attached hydrogens (tertiary/aromatic N) is 2. The van der Waals surface area contributed by atoms with E-state index in [9.17, 15) is 13.2 Å². The SMILES string of the molecule is N#Cc1ccc(Oc2ncc(N)cc2Br)c(C(F)(F)F)c1. The van der Waals surface area contributed by atoms with Crippen molar-refractivity contribution in [3.8, 4) is 17.7 Å². The number of hydrogen-bond acceptors (Lipinski definition) is 4. The maximum Gasteiger partial charge on any atom is 0.420 e. The fourth-order valence-corrected chi connectivity index (χ4v) is 1.98. The van der Waals surface area contributed by atoms with Crippen LogP contribution in [-0.2, 0) is 6.18 Å². The van der Waals surface area contributed by atoms with Gasteiger partial charge in [-0.05, 0) is 40.2 Å². The third-order valence-corrected chi connectivity index (χ3v) is 3.02. The van der Waals surface area contributed by atoms with Crippen LogP contribution in [0.2, 0.25) is 0 Å². The minimum absolute atomic E-state index is 0.0561. The Morgan fingerprint density at radius 2 is 2.00 bits per heavy atom. The summed E-state index contributed by atoms with van der Waals surface area (Å²) in [5.74, 6) is -0.501. The van der Waals surface area contributed by atoms with Gasteiger partial charge in [0.25, 0.3) is 0 Å². The molecule has 108 valence electrons. The largest absolute Gasteiger partial charge is 0.437 e. The number of pyridine rings is 1. The second kappa shape index (κ2) is 5.61. The minimum atomic E-state index is -4.65. The highest BCUT2D eigenvalue weighted by Crippen LogP contribution is 2.39. The summed E-state index contributed by atoms with van der Waals surface area (Å²) in [6.07, 6.45) is -3.39. The van der Waals surface area contributed by atoms with Crippen molar-refractivity contribution in [2.75, 3.05) is 5.73 Å². The number of benzene rings is 1. The van der Waals surface area contributed by atoms with Gasteiger partial charge in [0, 0.05) is 0 Å². The van der Waals surface area contributed by atoms with Gasteiger partial charge in [-0.2, -0.15) is 18.4 Å². The first-order valence-electron chi connectivity index (χ1n) is 5.51. The van der Waals surface area contributed by atoms with E-state index in [0.717, 1.165) is 12.1 Å². The summed E-state index contributed by atoms with van der Waals surface area (Å²) in [5, 5.41) is 8.69. The van der Waals surface area contributed by atoms with E-state index in [4.69, 9.17) is 15.7 Å². The number of anilines is 1. The summed E-state index contributed by atoms with van der Waals surface area (Å²) >= 11 is 3.11. The molecule has 0 bridgehead atoms. The van der Waals surface area contributed by atoms with Gasteiger partial charge in [-0.15, -0.1) is 0 Å². The van der Waals surface area contributed by atoms with Gasteiger partial charge in [0.2, 0.25) is 5.88 Å². The molecule has 2 rings (SSSR count). The lowest BCUT2D eigenvalue weighted by Gasteiger charge is -2.14. The molecule has 0 fully saturated rings. The second-order valence-corrected chi connectivity index (χ2v) is 4.83. The Bertz CT molecular complexity index is 726. The smallest absolute Gasteiger partial charge is 0.420 e. The number of nitrogen functional groups attached to an aromatic ring is 1. The molecule has 0 saturated carbocycles. The highest BCUT2D eigenvalue weighted by Gasteiger charge is 2.35. The maximum absolute atomic E-state index is 13.0. The molecule has 0 aliphatic carbocycles. The van der Waals surface area contributed by atoms with Crippen molar-refractivity contribution >= 4 is 21.6 Å². The summed E-state index contributed by atoms with van der Waals surface area (Å²) in [4.78, 5) is 3.81. The summed E-state index contributed by atoms with van der Waals surface area (Å²) < 4.78 is 44.5. The quantitative estimate of drug-likeness (QED) is 0.877. The first kappa shape index (κ1) is 15.1. The Morgan fingerprint density at radius 3 is 2.57 bits per heavy atom. The molecular formula is C13H7BrF3N3O. The van der Waals surface area contributed by atoms with Gasteiger partial charge in [0.1, 0.15) is 5.75 Å². The number of nitriles is 1. The van der Waals surface area contributed by atoms with Gasteiger partial charge in [-0.3, -0.25) is 0 Å². The predicted octanol–water partition coefficient (Wildman–Crippen LogP) is 4.11. The van der Waals surface area contributed by atoms with Gasteiger partial charge < -0.3 is 10.5 Å². The Morgan fingerprint density at radius 1 is 1.29 bits per heavy atom. The number of hydrogen-bond donors (Lipinski definition) is 1. The lowest BCUT2D eigenvalue weighted by molar-refractivity contribution is -0.138. The molecule has 2 aromatic rings. The number of rotatable bonds is 2. The normalized spacial score (nSPS) is 11.0. The van der Waals surface area contributed by atoms with Crippen LogP contribution in [-0.4, -0.2) is 4.98 Å². The van der Waals surface area contributed by atoms with Gasteiger partial charge in [0.05, 0.1) is 33.6 Å². The molecule has 2 N–H and O–H groups in total. The first-order valence-corrected chi connectivity index (χ1v) is 6.31. The molecule has 0 radical (unpaired) electrons. The molecule has 1 aromatic carbocycles. The molecule has 0 spiro atoms. The van der Waals surface area contributed by atoms with E-state index in [1.165, 1.54) is 18.3 Å². The van der Waals surface area contributed by atoms with Crippen LogP contribution in [0.4, 0.5) is 18.9 Å². The van der Waals surface area contributed by atoms with E-state index in [-0.39, 0.29) is 11.4 Å². The van der Waals surface area contributed by atoms with Gasteiger partial charge in [0.15, 0.2) is 0 Å². The van der Waals surface area contributed by atoms with Crippen molar-refractivity contribution in [1.82, 2.24) is 4.98 Å². The van der Waals surface area contributed by atoms with E-state index in [1.54, 1.807) is 6.07 Å². The lowest BCUT2D eigenvalue weighted by atomic mass is 10.1. The van der Waals surface area contributed by atoms with Crippen LogP contribution in [0.5, 0.6) is 11.6 Å². The van der Waals surface area contributed by atoms with E-state index >= 15 is 0 Å². The van der Waals surface area contributed by atoms with Crippen molar-refractivity contribution < 1.29 is 17.9 Å². The number of halogens is 4. The van der Waals surface area contributed by atoms with Crippen molar-refractivity contribution in [3.05, 3.63) is 46.1 Å². The molecule has 0 unspecified atom stereocenters. The number of ether oxygens (including phenoxy) is 1. The van der Waals surface area contributed by atoms with Crippen LogP contribution in [0.25, 0.3) is 0 Å². The predicted molar refractivity (Wildman–Crippen MR) is 72.6 cm³/mol. The van der Waals surface area contributed by atoms with Crippen LogP contribution in [0, 0.1) is 11.3 Å². The maximum atomic E-state index is 13.0. The van der Waals surface area contributed by atoms with Gasteiger partial charge >= 0.3 is 6.18 Å². The second-order valence-electron chi connectivity index (χ2n) is 3.98. The van der Waals surface area contributed by atoms with Crippen molar-refractivity contribution in [3.63, 3.8) is 0 Å². The number of nitrogens with two attached hydrogens (primary N) is 1. The molecule has 0 saturated heterocycles. The molecule has 0 aliphatic rings. The van der Waals surface area contributed by atoms with Crippen LogP contribution in [0.15, 0.2) is 34.9 Å². The Kier molecular flexibility index (Phi) is 4.04. The van der Waals surface area contributed by atoms with E-state index in [2.05, 4.69) is 20.9 Å². The van der Waals surface area contributed by atoms with Crippen molar-refractivity contribution in [2.45, 2.75) is 6.18 Å². The van der Waals surface area contributed by atoms with E-state index in [1.807, 2.05) is 0 Å². The van der Waals surface area contributed by atoms with Gasteiger partial charge in [-0.25, -0.2) is 4.98 Å². The average Bonchev–Trinajstić information content (AvgIpc) is 2.41. The molecule has 0 aliphatic heterocycles. The third kappa shape index (κ3) is 3.44. The Labute approximate surface area is 126 Å². The van der Waals surface area contributed by atoms with Crippen molar-refractivity contribution in [2.24, 2.45) is 0 Å². The monoisotopic (exact) mass is 357 g/mol. The zero-order valence-electron chi connectivity index (χ0n) is 10.3. The van der Waals surface area contributed by atoms with E-state index < -0.39 is 17.5 Å². The molecular weight excluding hydrogens is 351 g/mol. The van der Waals surface area contributed by atoms with Crippen LogP contribution >= 0.6 is 15.9 Å². The molecule has 8 heteroatoms. The molecule has 21 heavy (non-hydrogen) atoms. The fourth-order valence-electron chi connectivity index (χ4n) is 1.53. The average molecular weight is 358 g/mol. The molecule has 4 nitrogen and oxygen atoms in total. The molecule has 1 heterocycles. The highest BCUT2D eigenvalue weighted by atomic mass is 79.9. The number of aromatic nitrogens is 1. The third-order valence-electron chi connectivity index (χ3n) is 2.45. The Balaban J connectivity index is 2.47. The fraction of sp³-hybridized carbons (Fsp3) is 0.0769. The highest BCUT2D eigenvalue weighted by molar-refractivity contribution is 9.10. The standard InChI is InChI=1S/C13H7BrF3N3O/c14-10-4-8(19)6-20-12(10)21-11-2-1-7(5-18)3-9(11)13(15,16)17/h1-4,6H,19H2. The summed E-state index contributed by atoms with van der Waals surface area (Å²) in [6.45, 7) is 0. The zero-order chi connectivity index (χ0) is 15.6. The Hall–Kier alpha value is -2.27. The molecule has 0 amide bonds. The molecule has 0 atom stereocenters. The van der Waals surface area contributed by atoms with Crippen molar-refractivity contribution in [1.29, 1.82) is 5.26 Å². The van der Waals surface area contributed by atoms with Crippen LogP contribution in [0.1, 0.15) is 11.1 Å². The lowest BCUT2D eigenvalue weighted by Crippen LogP contribution is -2.08. The van der Waals surface area contributed by atoms with Gasteiger partial charge in [-0.1, -0.05) is 0 Å². The summed E-state index contributed by atoms with van der Waals surface area (Å²) in [7, 11) is 0. The summed E-state index contributed by atoms with van der Waals surface area (Å²) in [5.41, 5.74) is 4.67. The summed E-state index contributed by atoms with van der Waals surface area (Å²) in [6, 6.07) is 6.14. The topological polar surface area (TPSA) is 71.9 Å². The van der Waals surface area contributed by atoms with Crippen LogP contribution in [0.3, 0.4) is 0 Å². The zero-order valence-corrected chi connectivity index (χ0v) is 11.9. The first-order chi connectivity index (χ1) is 9.81. The minimum Gasteiger partial charge on any atom is -0.437 e. The van der Waals surface area contributed by atoms with Crippen LogP contribution < -0.4 is 10.5 Å². The molecule has 1 aromatic heterocycles. The number of alkyl halides is 3.